The zero-order valence-corrected chi connectivity index (χ0v) is 24.5. The summed E-state index contributed by atoms with van der Waals surface area (Å²) in [5.41, 5.74) is 2.69. The van der Waals surface area contributed by atoms with Gasteiger partial charge in [-0.25, -0.2) is 9.59 Å². The Morgan fingerprint density at radius 3 is 1.93 bits per heavy atom. The third kappa shape index (κ3) is 8.36. The fourth-order valence-electron chi connectivity index (χ4n) is 4.94. The number of alkyl halides is 2. The van der Waals surface area contributed by atoms with Crippen molar-refractivity contribution in [3.05, 3.63) is 71.3 Å². The maximum absolute atomic E-state index is 14.1. The van der Waals surface area contributed by atoms with E-state index >= 15 is 0 Å². The number of nitrogens with zero attached hydrogens (tertiary/aromatic N) is 1. The standard InChI is InChI=1S/C31H37F2N3O7/c1-18(2)25(27(38)31(32,33)29(40)41)34-24(37)16-36(23-14-21-12-8-9-13-22(21)15-23)28(39)26(19(3)4)35-30(42)43-17-20-10-6-5-7-11-20/h5-13,18-19,23,25-26H,14-17H2,1-4H3,(H,34,37)(H,35,42)(H,40,41)/t25-,26-/m0/s1. The number of ketones is 1. The Kier molecular flexibility index (Phi) is 11.0. The van der Waals surface area contributed by atoms with Crippen LogP contribution in [0.4, 0.5) is 13.6 Å². The average Bonchev–Trinajstić information content (AvgIpc) is 3.40. The fraction of sp³-hybridized carbons (Fsp3) is 0.452. The molecule has 0 spiro atoms. The van der Waals surface area contributed by atoms with E-state index in [1.807, 2.05) is 30.3 Å². The minimum Gasteiger partial charge on any atom is -0.476 e. The highest BCUT2D eigenvalue weighted by molar-refractivity contribution is 6.08. The number of rotatable bonds is 13. The van der Waals surface area contributed by atoms with Gasteiger partial charge in [0.15, 0.2) is 0 Å². The van der Waals surface area contributed by atoms with Gasteiger partial charge in [-0.15, -0.1) is 0 Å². The van der Waals surface area contributed by atoms with E-state index < -0.39 is 72.1 Å². The summed E-state index contributed by atoms with van der Waals surface area (Å²) in [6.45, 7) is 5.55. The molecule has 1 aliphatic rings. The van der Waals surface area contributed by atoms with Crippen LogP contribution in [0.5, 0.6) is 0 Å². The van der Waals surface area contributed by atoms with Gasteiger partial charge in [-0.2, -0.15) is 8.78 Å². The number of fused-ring (bicyclic) bond motifs is 1. The van der Waals surface area contributed by atoms with Crippen molar-refractivity contribution in [3.8, 4) is 0 Å². The molecule has 0 bridgehead atoms. The molecule has 0 saturated heterocycles. The lowest BCUT2D eigenvalue weighted by Gasteiger charge is -2.34. The summed E-state index contributed by atoms with van der Waals surface area (Å²) in [6.07, 6.45) is -0.0270. The van der Waals surface area contributed by atoms with Crippen LogP contribution in [0.3, 0.4) is 0 Å². The second-order valence-electron chi connectivity index (χ2n) is 11.3. The molecule has 0 heterocycles. The zero-order valence-electron chi connectivity index (χ0n) is 24.5. The fourth-order valence-corrected chi connectivity index (χ4v) is 4.94. The smallest absolute Gasteiger partial charge is 0.408 e. The molecule has 0 fully saturated rings. The maximum atomic E-state index is 14.1. The molecule has 0 unspecified atom stereocenters. The first-order valence-electron chi connectivity index (χ1n) is 14.0. The molecule has 3 N–H and O–H groups in total. The molecule has 10 nitrogen and oxygen atoms in total. The number of amides is 3. The Balaban J connectivity index is 1.82. The van der Waals surface area contributed by atoms with Gasteiger partial charge in [0.1, 0.15) is 12.6 Å². The number of nitrogens with one attached hydrogen (secondary N) is 2. The highest BCUT2D eigenvalue weighted by Crippen LogP contribution is 2.27. The molecule has 12 heteroatoms. The molecule has 3 amide bonds. The Morgan fingerprint density at radius 1 is 0.884 bits per heavy atom. The maximum Gasteiger partial charge on any atom is 0.408 e. The first-order valence-corrected chi connectivity index (χ1v) is 14.0. The van der Waals surface area contributed by atoms with Gasteiger partial charge in [-0.05, 0) is 41.4 Å². The second-order valence-corrected chi connectivity index (χ2v) is 11.3. The lowest BCUT2D eigenvalue weighted by molar-refractivity contribution is -0.173. The number of aliphatic carboxylic acids is 1. The molecular formula is C31H37F2N3O7. The van der Waals surface area contributed by atoms with Crippen LogP contribution in [-0.2, 0) is 43.4 Å². The number of Topliss-reactive ketones (excluding diaryl/α,β-unsaturated/α-hetero) is 1. The molecule has 43 heavy (non-hydrogen) atoms. The summed E-state index contributed by atoms with van der Waals surface area (Å²) in [5.74, 6) is -12.1. The molecule has 2 aromatic carbocycles. The lowest BCUT2D eigenvalue weighted by Crippen LogP contribution is -2.59. The molecule has 3 rings (SSSR count). The molecule has 2 aromatic rings. The number of carbonyl (C=O) groups excluding carboxylic acids is 4. The summed E-state index contributed by atoms with van der Waals surface area (Å²) in [5, 5.41) is 13.6. The van der Waals surface area contributed by atoms with Crippen LogP contribution in [0.1, 0.15) is 44.4 Å². The molecule has 0 radical (unpaired) electrons. The van der Waals surface area contributed by atoms with Crippen molar-refractivity contribution < 1.29 is 42.6 Å². The van der Waals surface area contributed by atoms with Crippen LogP contribution in [0.15, 0.2) is 54.6 Å². The number of carboxylic acid groups (broad SMARTS) is 1. The van der Waals surface area contributed by atoms with Crippen molar-refractivity contribution in [1.82, 2.24) is 15.5 Å². The quantitative estimate of drug-likeness (QED) is 0.299. The van der Waals surface area contributed by atoms with E-state index in [2.05, 4.69) is 10.6 Å². The molecule has 232 valence electrons. The second kappa shape index (κ2) is 14.2. The van der Waals surface area contributed by atoms with Crippen LogP contribution >= 0.6 is 0 Å². The Labute approximate surface area is 248 Å². The summed E-state index contributed by atoms with van der Waals surface area (Å²) in [4.78, 5) is 64.6. The molecule has 1 aliphatic carbocycles. The number of halogens is 2. The van der Waals surface area contributed by atoms with E-state index in [9.17, 15) is 32.8 Å². The number of ether oxygens (including phenoxy) is 1. The highest BCUT2D eigenvalue weighted by atomic mass is 19.3. The monoisotopic (exact) mass is 601 g/mol. The number of hydrogen-bond donors (Lipinski definition) is 3. The number of alkyl carbamates (subject to hydrolysis) is 1. The van der Waals surface area contributed by atoms with E-state index in [0.717, 1.165) is 16.7 Å². The van der Waals surface area contributed by atoms with Crippen LogP contribution in [0, 0.1) is 11.8 Å². The van der Waals surface area contributed by atoms with Crippen molar-refractivity contribution in [3.63, 3.8) is 0 Å². The van der Waals surface area contributed by atoms with Crippen molar-refractivity contribution in [1.29, 1.82) is 0 Å². The predicted molar refractivity (Wildman–Crippen MR) is 152 cm³/mol. The van der Waals surface area contributed by atoms with Gasteiger partial charge < -0.3 is 25.4 Å². The SMILES string of the molecule is CC(C)[C@H](NC(=O)OCc1ccccc1)C(=O)N(CC(=O)N[C@H](C(=O)C(F)(F)C(=O)O)C(C)C)C1Cc2ccccc2C1. The van der Waals surface area contributed by atoms with Crippen molar-refractivity contribution in [2.75, 3.05) is 6.54 Å². The van der Waals surface area contributed by atoms with Crippen molar-refractivity contribution in [2.24, 2.45) is 11.8 Å². The molecule has 0 saturated carbocycles. The lowest BCUT2D eigenvalue weighted by atomic mass is 9.95. The van der Waals surface area contributed by atoms with E-state index in [1.54, 1.807) is 38.1 Å². The molecule has 0 aliphatic heterocycles. The molecule has 0 aromatic heterocycles. The average molecular weight is 602 g/mol. The summed E-state index contributed by atoms with van der Waals surface area (Å²) in [6, 6.07) is 13.0. The summed E-state index contributed by atoms with van der Waals surface area (Å²) >= 11 is 0. The largest absolute Gasteiger partial charge is 0.476 e. The van der Waals surface area contributed by atoms with Gasteiger partial charge in [-0.1, -0.05) is 82.3 Å². The van der Waals surface area contributed by atoms with Crippen LogP contribution in [0.25, 0.3) is 0 Å². The Morgan fingerprint density at radius 2 is 1.42 bits per heavy atom. The van der Waals surface area contributed by atoms with E-state index in [-0.39, 0.29) is 6.61 Å². The Bertz CT molecular complexity index is 1310. The Hall–Kier alpha value is -4.35. The van der Waals surface area contributed by atoms with Gasteiger partial charge >= 0.3 is 18.0 Å². The minimum absolute atomic E-state index is 0.0265. The minimum atomic E-state index is -4.71. The zero-order chi connectivity index (χ0) is 31.9. The number of hydrogen-bond acceptors (Lipinski definition) is 6. The first kappa shape index (κ1) is 33.2. The van der Waals surface area contributed by atoms with Gasteiger partial charge in [0.2, 0.25) is 17.6 Å². The predicted octanol–water partition coefficient (Wildman–Crippen LogP) is 3.36. The molecule has 2 atom stereocenters. The van der Waals surface area contributed by atoms with Crippen LogP contribution in [-0.4, -0.2) is 70.3 Å². The van der Waals surface area contributed by atoms with Crippen molar-refractivity contribution >= 4 is 29.7 Å². The molecular weight excluding hydrogens is 564 g/mol. The summed E-state index contributed by atoms with van der Waals surface area (Å²) in [7, 11) is 0. The number of benzene rings is 2. The van der Waals surface area contributed by atoms with Gasteiger partial charge in [0.05, 0.1) is 12.6 Å². The normalized spacial score (nSPS) is 14.5. The van der Waals surface area contributed by atoms with Crippen LogP contribution < -0.4 is 10.6 Å². The van der Waals surface area contributed by atoms with Crippen LogP contribution in [0.2, 0.25) is 0 Å². The van der Waals surface area contributed by atoms with Gasteiger partial charge in [0, 0.05) is 6.04 Å². The van der Waals surface area contributed by atoms with E-state index in [4.69, 9.17) is 9.84 Å². The number of carboxylic acids is 1. The third-order valence-electron chi connectivity index (χ3n) is 7.33. The summed E-state index contributed by atoms with van der Waals surface area (Å²) < 4.78 is 33.4. The van der Waals surface area contributed by atoms with Crippen molar-refractivity contribution in [2.45, 2.75) is 71.2 Å². The van der Waals surface area contributed by atoms with E-state index in [1.165, 1.54) is 18.7 Å². The third-order valence-corrected chi connectivity index (χ3v) is 7.33. The number of carbonyl (C=O) groups is 5. The van der Waals surface area contributed by atoms with Gasteiger partial charge in [0.25, 0.3) is 0 Å². The van der Waals surface area contributed by atoms with E-state index in [0.29, 0.717) is 12.8 Å². The van der Waals surface area contributed by atoms with Gasteiger partial charge in [-0.3, -0.25) is 14.4 Å². The first-order chi connectivity index (χ1) is 20.2. The topological polar surface area (TPSA) is 142 Å². The highest BCUT2D eigenvalue weighted by Gasteiger charge is 2.51.